The molecule has 0 saturated carbocycles. The summed E-state index contributed by atoms with van der Waals surface area (Å²) in [6, 6.07) is 1.29. The molecule has 3 atom stereocenters. The van der Waals surface area contributed by atoms with Gasteiger partial charge in [0.2, 0.25) is 9.84 Å². The first-order chi connectivity index (χ1) is 10.2. The van der Waals surface area contributed by atoms with E-state index in [-0.39, 0.29) is 10.5 Å². The third kappa shape index (κ3) is 4.59. The van der Waals surface area contributed by atoms with Crippen molar-refractivity contribution in [1.82, 2.24) is 5.32 Å². The molecule has 1 unspecified atom stereocenters. The molecule has 5 nitrogen and oxygen atoms in total. The summed E-state index contributed by atoms with van der Waals surface area (Å²) in [7, 11) is -4.06. The van der Waals surface area contributed by atoms with Gasteiger partial charge in [0.1, 0.15) is 12.8 Å². The second-order valence-corrected chi connectivity index (χ2v) is 6.61. The van der Waals surface area contributed by atoms with Crippen LogP contribution >= 0.6 is 11.6 Å². The maximum absolute atomic E-state index is 12.9. The Bertz CT molecular complexity index is 609. The molecule has 2 N–H and O–H groups in total. The molecule has 0 aliphatic carbocycles. The highest BCUT2D eigenvalue weighted by molar-refractivity contribution is 7.91. The van der Waals surface area contributed by atoms with Crippen molar-refractivity contribution in [2.24, 2.45) is 0 Å². The van der Waals surface area contributed by atoms with Crippen molar-refractivity contribution in [3.63, 3.8) is 0 Å². The van der Waals surface area contributed by atoms with Gasteiger partial charge in [-0.05, 0) is 17.7 Å². The molecule has 0 aromatic heterocycles. The number of rotatable bonds is 7. The number of alkyl halides is 4. The van der Waals surface area contributed by atoms with E-state index in [1.54, 1.807) is 0 Å². The highest BCUT2D eigenvalue weighted by Gasteiger charge is 2.26. The van der Waals surface area contributed by atoms with E-state index in [1.807, 2.05) is 5.32 Å². The van der Waals surface area contributed by atoms with Crippen LogP contribution in [0.15, 0.2) is 29.2 Å². The summed E-state index contributed by atoms with van der Waals surface area (Å²) in [4.78, 5) is 10.7. The first-order valence-electron chi connectivity index (χ1n) is 5.94. The van der Waals surface area contributed by atoms with E-state index in [1.165, 1.54) is 0 Å². The molecule has 1 rings (SSSR count). The van der Waals surface area contributed by atoms with Crippen molar-refractivity contribution < 1.29 is 31.5 Å². The van der Waals surface area contributed by atoms with E-state index < -0.39 is 46.2 Å². The van der Waals surface area contributed by atoms with E-state index in [4.69, 9.17) is 11.6 Å². The quantitative estimate of drug-likeness (QED) is 0.721. The summed E-state index contributed by atoms with van der Waals surface area (Å²) < 4.78 is 60.3. The Kier molecular flexibility index (Phi) is 6.64. The van der Waals surface area contributed by atoms with Crippen LogP contribution in [0.5, 0.6) is 0 Å². The van der Waals surface area contributed by atoms with Gasteiger partial charge in [0, 0.05) is 0 Å². The maximum atomic E-state index is 12.9. The van der Waals surface area contributed by atoms with E-state index in [2.05, 4.69) is 0 Å². The molecule has 1 aromatic carbocycles. The second kappa shape index (κ2) is 7.80. The molecule has 0 heterocycles. The molecule has 0 aliphatic rings. The summed E-state index contributed by atoms with van der Waals surface area (Å²) in [6.45, 7) is -1.21. The number of sulfone groups is 1. The lowest BCUT2D eigenvalue weighted by Crippen LogP contribution is -2.43. The van der Waals surface area contributed by atoms with Crippen molar-refractivity contribution in [2.75, 3.05) is 12.7 Å². The molecule has 0 bridgehead atoms. The number of benzene rings is 1. The zero-order chi connectivity index (χ0) is 16.9. The average molecular weight is 360 g/mol. The van der Waals surface area contributed by atoms with Gasteiger partial charge in [-0.2, -0.15) is 0 Å². The molecule has 0 spiro atoms. The van der Waals surface area contributed by atoms with Crippen LogP contribution in [0.3, 0.4) is 0 Å². The maximum Gasteiger partial charge on any atom is 0.270 e. The first-order valence-corrected chi connectivity index (χ1v) is 8.03. The van der Waals surface area contributed by atoms with Crippen LogP contribution in [0.1, 0.15) is 11.7 Å². The fourth-order valence-corrected chi connectivity index (χ4v) is 2.35. The molecule has 1 aromatic rings. The Balaban J connectivity index is 2.92. The second-order valence-electron chi connectivity index (χ2n) is 4.31. The number of amides is 1. The standard InChI is InChI=1S/C12H13ClF3NO4S/c13-11(16)12(19)17-9(5-14)10(18)7-1-3-8(4-2-7)22(20,21)6-15/h1-4,9-11,18H,5-6H2,(H,17,19)/t9-,10-,11?/m1/s1. The molecule has 1 amide bonds. The SMILES string of the molecule is O=C(N[C@H](CF)[C@H](O)c1ccc(S(=O)(=O)CF)cc1)C(F)Cl. The lowest BCUT2D eigenvalue weighted by molar-refractivity contribution is -0.125. The van der Waals surface area contributed by atoms with Crippen LogP contribution < -0.4 is 5.32 Å². The van der Waals surface area contributed by atoms with Gasteiger partial charge in [-0.15, -0.1) is 0 Å². The third-order valence-electron chi connectivity index (χ3n) is 2.80. The molecule has 10 heteroatoms. The monoisotopic (exact) mass is 359 g/mol. The van der Waals surface area contributed by atoms with Crippen molar-refractivity contribution in [2.45, 2.75) is 22.7 Å². The molecule has 0 radical (unpaired) electrons. The molecule has 0 fully saturated rings. The molecule has 124 valence electrons. The van der Waals surface area contributed by atoms with Crippen molar-refractivity contribution in [3.8, 4) is 0 Å². The Morgan fingerprint density at radius 1 is 1.27 bits per heavy atom. The van der Waals surface area contributed by atoms with Gasteiger partial charge in [-0.3, -0.25) is 4.79 Å². The minimum absolute atomic E-state index is 0.0609. The third-order valence-corrected chi connectivity index (χ3v) is 4.27. The number of hydrogen-bond acceptors (Lipinski definition) is 4. The van der Waals surface area contributed by atoms with Crippen molar-refractivity contribution in [3.05, 3.63) is 29.8 Å². The van der Waals surface area contributed by atoms with Crippen LogP contribution in [-0.4, -0.2) is 43.8 Å². The Morgan fingerprint density at radius 2 is 1.82 bits per heavy atom. The summed E-state index contributed by atoms with van der Waals surface area (Å²) in [5, 5.41) is 11.8. The number of aliphatic hydroxyl groups excluding tert-OH is 1. The highest BCUT2D eigenvalue weighted by Crippen LogP contribution is 2.21. The first kappa shape index (κ1) is 18.7. The summed E-state index contributed by atoms with van der Waals surface area (Å²) in [5.41, 5.74) is -2.33. The summed E-state index contributed by atoms with van der Waals surface area (Å²) in [6.07, 6.45) is -1.56. The predicted molar refractivity (Wildman–Crippen MR) is 73.2 cm³/mol. The number of carbonyl (C=O) groups is 1. The largest absolute Gasteiger partial charge is 0.386 e. The van der Waals surface area contributed by atoms with Gasteiger partial charge in [0.05, 0.1) is 10.9 Å². The lowest BCUT2D eigenvalue weighted by Gasteiger charge is -2.22. The van der Waals surface area contributed by atoms with E-state index in [0.717, 1.165) is 24.3 Å². The topological polar surface area (TPSA) is 83.5 Å². The number of halogens is 4. The number of hydrogen-bond donors (Lipinski definition) is 2. The van der Waals surface area contributed by atoms with Crippen LogP contribution in [0, 0.1) is 0 Å². The number of aliphatic hydroxyl groups is 1. The summed E-state index contributed by atoms with van der Waals surface area (Å²) >= 11 is 4.88. The van der Waals surface area contributed by atoms with Crippen LogP contribution in [0.4, 0.5) is 13.2 Å². The number of nitrogens with one attached hydrogen (secondary N) is 1. The predicted octanol–water partition coefficient (Wildman–Crippen LogP) is 1.41. The minimum Gasteiger partial charge on any atom is -0.386 e. The normalized spacial score (nSPS) is 15.9. The zero-order valence-corrected chi connectivity index (χ0v) is 12.6. The van der Waals surface area contributed by atoms with Gasteiger partial charge < -0.3 is 10.4 Å². The lowest BCUT2D eigenvalue weighted by atomic mass is 10.0. The van der Waals surface area contributed by atoms with Gasteiger partial charge in [0.15, 0.2) is 6.01 Å². The number of carbonyl (C=O) groups excluding carboxylic acids is 1. The van der Waals surface area contributed by atoms with Gasteiger partial charge >= 0.3 is 0 Å². The Hall–Kier alpha value is -1.32. The summed E-state index contributed by atoms with van der Waals surface area (Å²) in [5.74, 6) is -1.31. The Labute approximate surface area is 130 Å². The molecular weight excluding hydrogens is 347 g/mol. The van der Waals surface area contributed by atoms with E-state index in [9.17, 15) is 31.5 Å². The smallest absolute Gasteiger partial charge is 0.270 e. The van der Waals surface area contributed by atoms with Gasteiger partial charge in [-0.25, -0.2) is 21.6 Å². The molecule has 0 saturated heterocycles. The zero-order valence-electron chi connectivity index (χ0n) is 11.0. The molecule has 0 aliphatic heterocycles. The average Bonchev–Trinajstić information content (AvgIpc) is 2.51. The minimum atomic E-state index is -4.06. The van der Waals surface area contributed by atoms with E-state index >= 15 is 0 Å². The van der Waals surface area contributed by atoms with Gasteiger partial charge in [0.25, 0.3) is 11.5 Å². The Morgan fingerprint density at radius 3 is 2.23 bits per heavy atom. The van der Waals surface area contributed by atoms with Crippen molar-refractivity contribution in [1.29, 1.82) is 0 Å². The molecular formula is C12H13ClF3NO4S. The van der Waals surface area contributed by atoms with Crippen LogP contribution in [-0.2, 0) is 14.6 Å². The van der Waals surface area contributed by atoms with Crippen LogP contribution in [0.2, 0.25) is 0 Å². The van der Waals surface area contributed by atoms with Crippen molar-refractivity contribution >= 4 is 27.3 Å². The fourth-order valence-electron chi connectivity index (χ4n) is 1.62. The van der Waals surface area contributed by atoms with Crippen LogP contribution in [0.25, 0.3) is 0 Å². The highest BCUT2D eigenvalue weighted by atomic mass is 35.5. The van der Waals surface area contributed by atoms with Gasteiger partial charge in [-0.1, -0.05) is 23.7 Å². The fraction of sp³-hybridized carbons (Fsp3) is 0.417. The molecule has 22 heavy (non-hydrogen) atoms. The van der Waals surface area contributed by atoms with E-state index in [0.29, 0.717) is 0 Å².